The van der Waals surface area contributed by atoms with Crippen molar-refractivity contribution in [3.8, 4) is 11.8 Å². The zero-order valence-electron chi connectivity index (χ0n) is 14.9. The minimum Gasteiger partial charge on any atom is -0.497 e. The number of hydrogen-bond acceptors (Lipinski definition) is 4. The van der Waals surface area contributed by atoms with E-state index >= 15 is 0 Å². The van der Waals surface area contributed by atoms with Gasteiger partial charge in [-0.3, -0.25) is 4.79 Å². The van der Waals surface area contributed by atoms with Gasteiger partial charge in [0.1, 0.15) is 17.4 Å². The van der Waals surface area contributed by atoms with Crippen molar-refractivity contribution < 1.29 is 9.53 Å². The molecule has 1 aliphatic carbocycles. The van der Waals surface area contributed by atoms with E-state index in [0.717, 1.165) is 24.2 Å². The molecule has 0 spiro atoms. The van der Waals surface area contributed by atoms with Crippen molar-refractivity contribution >= 4 is 5.91 Å². The largest absolute Gasteiger partial charge is 0.497 e. The summed E-state index contributed by atoms with van der Waals surface area (Å²) in [7, 11) is 1.63. The predicted octanol–water partition coefficient (Wildman–Crippen LogP) is 3.07. The number of rotatable bonds is 7. The quantitative estimate of drug-likeness (QED) is 0.454. The molecule has 1 aromatic rings. The van der Waals surface area contributed by atoms with Crippen LogP contribution in [0.5, 0.6) is 5.75 Å². The van der Waals surface area contributed by atoms with Crippen LogP contribution >= 0.6 is 0 Å². The van der Waals surface area contributed by atoms with Gasteiger partial charge in [-0.1, -0.05) is 37.8 Å². The lowest BCUT2D eigenvalue weighted by atomic mass is 10.1. The fourth-order valence-electron chi connectivity index (χ4n) is 3.00. The summed E-state index contributed by atoms with van der Waals surface area (Å²) in [5.74, 6) is 0.490. The Bertz CT molecular complexity index is 609. The van der Waals surface area contributed by atoms with E-state index in [-0.39, 0.29) is 11.5 Å². The van der Waals surface area contributed by atoms with Gasteiger partial charge in [-0.05, 0) is 37.0 Å². The molecule has 0 heterocycles. The van der Waals surface area contributed by atoms with Gasteiger partial charge in [-0.2, -0.15) is 5.26 Å². The van der Waals surface area contributed by atoms with Gasteiger partial charge in [0.05, 0.1) is 7.11 Å². The first kappa shape index (κ1) is 18.9. The van der Waals surface area contributed by atoms with Crippen LogP contribution in [0.25, 0.3) is 0 Å². The molecule has 134 valence electrons. The lowest BCUT2D eigenvalue weighted by molar-refractivity contribution is -0.117. The summed E-state index contributed by atoms with van der Waals surface area (Å²) in [6, 6.07) is 10.1. The number of ether oxygens (including phenoxy) is 1. The lowest BCUT2D eigenvalue weighted by Crippen LogP contribution is -2.29. The van der Waals surface area contributed by atoms with Gasteiger partial charge in [-0.25, -0.2) is 0 Å². The van der Waals surface area contributed by atoms with Gasteiger partial charge in [0.15, 0.2) is 0 Å². The molecule has 2 rings (SSSR count). The Balaban J connectivity index is 1.78. The number of carbonyl (C=O) groups is 1. The normalized spacial score (nSPS) is 15.8. The Kier molecular flexibility index (Phi) is 7.84. The first-order chi connectivity index (χ1) is 12.2. The Morgan fingerprint density at radius 1 is 1.24 bits per heavy atom. The van der Waals surface area contributed by atoms with Crippen LogP contribution in [0.1, 0.15) is 44.1 Å². The number of hydrogen-bond donors (Lipinski definition) is 2. The molecule has 1 aliphatic rings. The highest BCUT2D eigenvalue weighted by atomic mass is 16.5. The van der Waals surface area contributed by atoms with Crippen LogP contribution in [0.4, 0.5) is 0 Å². The Hall–Kier alpha value is -2.48. The molecule has 1 fully saturated rings. The molecule has 2 N–H and O–H groups in total. The summed E-state index contributed by atoms with van der Waals surface area (Å²) in [6.07, 6.45) is 9.48. The molecule has 0 radical (unpaired) electrons. The van der Waals surface area contributed by atoms with E-state index in [2.05, 4.69) is 10.6 Å². The molecule has 1 amide bonds. The van der Waals surface area contributed by atoms with Crippen LogP contribution in [0.2, 0.25) is 0 Å². The third-order valence-electron chi connectivity index (χ3n) is 4.54. The summed E-state index contributed by atoms with van der Waals surface area (Å²) in [5, 5.41) is 15.3. The van der Waals surface area contributed by atoms with Crippen molar-refractivity contribution in [2.45, 2.75) is 51.0 Å². The van der Waals surface area contributed by atoms with Gasteiger partial charge in [0.2, 0.25) is 0 Å². The number of nitriles is 1. The first-order valence-corrected chi connectivity index (χ1v) is 9.00. The fourth-order valence-corrected chi connectivity index (χ4v) is 3.00. The second-order valence-electron chi connectivity index (χ2n) is 6.38. The molecular formula is C20H27N3O2. The Morgan fingerprint density at radius 2 is 1.92 bits per heavy atom. The van der Waals surface area contributed by atoms with Crippen molar-refractivity contribution in [3.05, 3.63) is 41.6 Å². The SMILES string of the molecule is COc1ccc(CCNC(=O)/C(C#N)=C\NC2CCCCCC2)cc1. The second kappa shape index (κ2) is 10.4. The molecule has 0 aromatic heterocycles. The molecule has 1 saturated carbocycles. The lowest BCUT2D eigenvalue weighted by Gasteiger charge is -2.14. The van der Waals surface area contributed by atoms with Crippen molar-refractivity contribution in [2.75, 3.05) is 13.7 Å². The fraction of sp³-hybridized carbons (Fsp3) is 0.500. The molecule has 1 aromatic carbocycles. The van der Waals surface area contributed by atoms with E-state index in [1.165, 1.54) is 25.7 Å². The number of benzene rings is 1. The third-order valence-corrected chi connectivity index (χ3v) is 4.54. The summed E-state index contributed by atoms with van der Waals surface area (Å²) in [5.41, 5.74) is 1.25. The molecule has 0 bridgehead atoms. The molecule has 0 aliphatic heterocycles. The topological polar surface area (TPSA) is 74.1 Å². The van der Waals surface area contributed by atoms with E-state index < -0.39 is 0 Å². The van der Waals surface area contributed by atoms with Crippen LogP contribution < -0.4 is 15.4 Å². The molecule has 5 nitrogen and oxygen atoms in total. The minimum absolute atomic E-state index is 0.138. The van der Waals surface area contributed by atoms with Crippen molar-refractivity contribution in [1.29, 1.82) is 5.26 Å². The molecule has 0 saturated heterocycles. The van der Waals surface area contributed by atoms with Crippen LogP contribution in [0.15, 0.2) is 36.0 Å². The van der Waals surface area contributed by atoms with E-state index in [0.29, 0.717) is 19.0 Å². The van der Waals surface area contributed by atoms with Crippen molar-refractivity contribution in [2.24, 2.45) is 0 Å². The smallest absolute Gasteiger partial charge is 0.263 e. The van der Waals surface area contributed by atoms with E-state index in [4.69, 9.17) is 4.74 Å². The average molecular weight is 341 g/mol. The minimum atomic E-state index is -0.322. The highest BCUT2D eigenvalue weighted by molar-refractivity contribution is 5.97. The van der Waals surface area contributed by atoms with Crippen molar-refractivity contribution in [3.63, 3.8) is 0 Å². The maximum atomic E-state index is 12.1. The zero-order chi connectivity index (χ0) is 17.9. The first-order valence-electron chi connectivity index (χ1n) is 9.00. The number of methoxy groups -OCH3 is 1. The van der Waals surface area contributed by atoms with Crippen molar-refractivity contribution in [1.82, 2.24) is 10.6 Å². The van der Waals surface area contributed by atoms with Gasteiger partial charge in [0.25, 0.3) is 5.91 Å². The standard InChI is InChI=1S/C20H27N3O2/c1-25-19-10-8-16(9-11-19)12-13-22-20(24)17(14-21)15-23-18-6-4-2-3-5-7-18/h8-11,15,18,23H,2-7,12-13H2,1H3,(H,22,24)/b17-15-. The molecule has 25 heavy (non-hydrogen) atoms. The van der Waals surface area contributed by atoms with Crippen LogP contribution in [0, 0.1) is 11.3 Å². The number of nitrogens with zero attached hydrogens (tertiary/aromatic N) is 1. The highest BCUT2D eigenvalue weighted by Crippen LogP contribution is 2.17. The van der Waals surface area contributed by atoms with Crippen LogP contribution in [0.3, 0.4) is 0 Å². The summed E-state index contributed by atoms with van der Waals surface area (Å²) in [4.78, 5) is 12.1. The monoisotopic (exact) mass is 341 g/mol. The Labute approximate surface area is 150 Å². The van der Waals surface area contributed by atoms with Gasteiger partial charge in [0, 0.05) is 18.8 Å². The van der Waals surface area contributed by atoms with Gasteiger partial charge in [-0.15, -0.1) is 0 Å². The summed E-state index contributed by atoms with van der Waals surface area (Å²) in [6.45, 7) is 0.494. The number of amides is 1. The van der Waals surface area contributed by atoms with E-state index in [1.807, 2.05) is 30.3 Å². The summed E-state index contributed by atoms with van der Waals surface area (Å²) >= 11 is 0. The second-order valence-corrected chi connectivity index (χ2v) is 6.38. The number of carbonyl (C=O) groups excluding carboxylic acids is 1. The van der Waals surface area contributed by atoms with Gasteiger partial charge >= 0.3 is 0 Å². The average Bonchev–Trinajstić information content (AvgIpc) is 2.91. The van der Waals surface area contributed by atoms with Gasteiger partial charge < -0.3 is 15.4 Å². The van der Waals surface area contributed by atoms with Crippen LogP contribution in [-0.4, -0.2) is 25.6 Å². The van der Waals surface area contributed by atoms with Crippen LogP contribution in [-0.2, 0) is 11.2 Å². The number of nitrogens with one attached hydrogen (secondary N) is 2. The molecular weight excluding hydrogens is 314 g/mol. The molecule has 0 unspecified atom stereocenters. The molecule has 5 heteroatoms. The summed E-state index contributed by atoms with van der Waals surface area (Å²) < 4.78 is 5.12. The predicted molar refractivity (Wildman–Crippen MR) is 98.0 cm³/mol. The van der Waals surface area contributed by atoms with E-state index in [1.54, 1.807) is 13.3 Å². The Morgan fingerprint density at radius 3 is 2.52 bits per heavy atom. The zero-order valence-corrected chi connectivity index (χ0v) is 14.9. The maximum Gasteiger partial charge on any atom is 0.263 e. The maximum absolute atomic E-state index is 12.1. The molecule has 0 atom stereocenters. The van der Waals surface area contributed by atoms with E-state index in [9.17, 15) is 10.1 Å². The third kappa shape index (κ3) is 6.50. The highest BCUT2D eigenvalue weighted by Gasteiger charge is 2.12.